The van der Waals surface area contributed by atoms with Gasteiger partial charge in [0.2, 0.25) is 0 Å². The first kappa shape index (κ1) is 71.7. The van der Waals surface area contributed by atoms with Crippen LogP contribution in [0.2, 0.25) is 0 Å². The number of aliphatic hydroxyl groups excluding tert-OH is 2. The summed E-state index contributed by atoms with van der Waals surface area (Å²) in [7, 11) is 0. The van der Waals surface area contributed by atoms with E-state index in [0.717, 1.165) is 59.7 Å². The standard InChI is InChI=1S/C13H16.2C7H16.C6H14S.C6H14.C5H12O.C4H10O.C4H10.C3H8/c1-10(2)9-12-8-7-11-5-3-4-6-13(11)12;1-6(2)5-7(3)4;1-5-7(4)6(2)3;1-6(2)4-5-7-3;1-5(2)6(3)4;1-4(2)5(3)6;1-4(2)3-5;1-4(2)3;1-3-2/h3-6,8,10H,7,9H2,1-2H3;2*6-7H,5H2,1-4H3;6H,4-5H2,1-3H3;5-6H,1-4H3;4-6H,1-3H3;4-5H,3H2,1-2H3;4H,1-3H3;3H2,1-2H3. The summed E-state index contributed by atoms with van der Waals surface area (Å²) in [4.78, 5) is 0. The average Bonchev–Trinajstić information content (AvgIpc) is 3.50. The summed E-state index contributed by atoms with van der Waals surface area (Å²) in [6.45, 7) is 57.0. The van der Waals surface area contributed by atoms with E-state index in [9.17, 15) is 0 Å². The molecule has 0 heterocycles. The topological polar surface area (TPSA) is 40.5 Å². The lowest BCUT2D eigenvalue weighted by Crippen LogP contribution is -2.07. The molecule has 0 aliphatic heterocycles. The van der Waals surface area contributed by atoms with Crippen LogP contribution in [0.3, 0.4) is 0 Å². The van der Waals surface area contributed by atoms with Crippen LogP contribution < -0.4 is 0 Å². The number of allylic oxidation sites excluding steroid dienone is 2. The van der Waals surface area contributed by atoms with Crippen molar-refractivity contribution in [3.8, 4) is 0 Å². The second-order valence-corrected chi connectivity index (χ2v) is 21.5. The summed E-state index contributed by atoms with van der Waals surface area (Å²) in [5.74, 6) is 9.86. The lowest BCUT2D eigenvalue weighted by Gasteiger charge is -2.10. The van der Waals surface area contributed by atoms with Crippen LogP contribution in [0.1, 0.15) is 223 Å². The van der Waals surface area contributed by atoms with Gasteiger partial charge in [-0.1, -0.05) is 216 Å². The van der Waals surface area contributed by atoms with Crippen LogP contribution in [-0.2, 0) is 6.42 Å². The van der Waals surface area contributed by atoms with Crippen molar-refractivity contribution in [1.82, 2.24) is 0 Å². The summed E-state index contributed by atoms with van der Waals surface area (Å²) in [5, 5.41) is 16.8. The van der Waals surface area contributed by atoms with Crippen molar-refractivity contribution in [3.63, 3.8) is 0 Å². The zero-order chi connectivity index (χ0) is 47.6. The number of aliphatic hydroxyl groups is 2. The highest BCUT2D eigenvalue weighted by Crippen LogP contribution is 2.31. The van der Waals surface area contributed by atoms with E-state index in [-0.39, 0.29) is 6.10 Å². The SMILES string of the molecule is CC(C)C.CC(C)C(C)C.CC(C)C(C)O.CC(C)CC(C)C.CC(C)CC1=CCc2ccccc21.CC(C)CO.CCC.CCC(C)C(C)C.CSCCC(C)C. The summed E-state index contributed by atoms with van der Waals surface area (Å²) in [6, 6.07) is 8.75. The molecule has 2 rings (SSSR count). The Bertz CT molecular complexity index is 873. The van der Waals surface area contributed by atoms with Gasteiger partial charge in [0, 0.05) is 6.61 Å². The minimum atomic E-state index is -0.148. The molecule has 1 aliphatic rings. The van der Waals surface area contributed by atoms with E-state index in [1.807, 2.05) is 39.5 Å². The van der Waals surface area contributed by atoms with Gasteiger partial charge in [-0.2, -0.15) is 11.8 Å². The lowest BCUT2D eigenvalue weighted by atomic mass is 9.96. The predicted octanol–water partition coefficient (Wildman–Crippen LogP) is 18.5. The summed E-state index contributed by atoms with van der Waals surface area (Å²) in [5.41, 5.74) is 4.53. The van der Waals surface area contributed by atoms with E-state index in [0.29, 0.717) is 18.4 Å². The second-order valence-electron chi connectivity index (χ2n) is 20.5. The number of hydrogen-bond acceptors (Lipinski definition) is 3. The molecule has 0 aromatic heterocycles. The highest BCUT2D eigenvalue weighted by molar-refractivity contribution is 7.98. The Balaban J connectivity index is -0.000000104. The van der Waals surface area contributed by atoms with E-state index in [1.165, 1.54) is 49.0 Å². The molecule has 58 heavy (non-hydrogen) atoms. The Kier molecular flexibility index (Phi) is 62.6. The zero-order valence-electron chi connectivity index (χ0n) is 45.3. The van der Waals surface area contributed by atoms with Crippen LogP contribution in [0.25, 0.3) is 5.57 Å². The first-order valence-corrected chi connectivity index (χ1v) is 25.5. The highest BCUT2D eigenvalue weighted by atomic mass is 32.2. The van der Waals surface area contributed by atoms with Crippen LogP contribution in [0.4, 0.5) is 0 Å². The molecule has 1 aromatic rings. The highest BCUT2D eigenvalue weighted by Gasteiger charge is 2.13. The number of thioether (sulfide) groups is 1. The fourth-order valence-corrected chi connectivity index (χ4v) is 4.46. The first-order chi connectivity index (χ1) is 26.5. The third kappa shape index (κ3) is 72.8. The van der Waals surface area contributed by atoms with Crippen molar-refractivity contribution in [1.29, 1.82) is 0 Å². The molecular formula is C55H116O2S. The summed E-state index contributed by atoms with van der Waals surface area (Å²) < 4.78 is 0. The lowest BCUT2D eigenvalue weighted by molar-refractivity contribution is 0.144. The van der Waals surface area contributed by atoms with Gasteiger partial charge in [0.05, 0.1) is 6.10 Å². The Morgan fingerprint density at radius 1 is 0.569 bits per heavy atom. The molecule has 2 N–H and O–H groups in total. The Labute approximate surface area is 375 Å². The van der Waals surface area contributed by atoms with Gasteiger partial charge in [-0.25, -0.2) is 0 Å². The van der Waals surface area contributed by atoms with Crippen LogP contribution >= 0.6 is 11.8 Å². The molecular weight excluding hydrogens is 725 g/mol. The Morgan fingerprint density at radius 3 is 1.14 bits per heavy atom. The van der Waals surface area contributed by atoms with E-state index >= 15 is 0 Å². The first-order valence-electron chi connectivity index (χ1n) is 24.1. The quantitative estimate of drug-likeness (QED) is 0.220. The van der Waals surface area contributed by atoms with Crippen LogP contribution in [0.15, 0.2) is 30.3 Å². The molecule has 1 aromatic carbocycles. The third-order valence-corrected chi connectivity index (χ3v) is 9.49. The van der Waals surface area contributed by atoms with Gasteiger partial charge < -0.3 is 10.2 Å². The molecule has 0 saturated heterocycles. The van der Waals surface area contributed by atoms with Gasteiger partial charge in [0.25, 0.3) is 0 Å². The summed E-state index contributed by atoms with van der Waals surface area (Å²) >= 11 is 1.93. The van der Waals surface area contributed by atoms with E-state index in [2.05, 4.69) is 182 Å². The molecule has 0 spiro atoms. The minimum absolute atomic E-state index is 0.148. The van der Waals surface area contributed by atoms with Crippen molar-refractivity contribution < 1.29 is 10.2 Å². The number of hydrogen-bond donors (Lipinski definition) is 2. The Morgan fingerprint density at radius 2 is 0.948 bits per heavy atom. The van der Waals surface area contributed by atoms with E-state index < -0.39 is 0 Å². The van der Waals surface area contributed by atoms with Crippen LogP contribution in [0, 0.1) is 65.1 Å². The maximum atomic E-state index is 8.63. The van der Waals surface area contributed by atoms with Gasteiger partial charge in [0.1, 0.15) is 0 Å². The van der Waals surface area contributed by atoms with Gasteiger partial charge in [-0.3, -0.25) is 0 Å². The van der Waals surface area contributed by atoms with E-state index in [4.69, 9.17) is 10.2 Å². The molecule has 1 aliphatic carbocycles. The average molecular weight is 842 g/mol. The van der Waals surface area contributed by atoms with Gasteiger partial charge in [0.15, 0.2) is 0 Å². The van der Waals surface area contributed by atoms with Crippen molar-refractivity contribution in [2.75, 3.05) is 18.6 Å². The molecule has 354 valence electrons. The van der Waals surface area contributed by atoms with Crippen LogP contribution in [-0.4, -0.2) is 34.9 Å². The van der Waals surface area contributed by atoms with Crippen molar-refractivity contribution in [3.05, 3.63) is 41.5 Å². The largest absolute Gasteiger partial charge is 0.396 e. The zero-order valence-corrected chi connectivity index (χ0v) is 46.1. The smallest absolute Gasteiger partial charge is 0.0535 e. The fourth-order valence-electron chi connectivity index (χ4n) is 3.76. The minimum Gasteiger partial charge on any atom is -0.396 e. The molecule has 3 heteroatoms. The van der Waals surface area contributed by atoms with Crippen molar-refractivity contribution >= 4 is 17.3 Å². The van der Waals surface area contributed by atoms with Gasteiger partial charge >= 0.3 is 0 Å². The molecule has 0 bridgehead atoms. The molecule has 2 nitrogen and oxygen atoms in total. The number of rotatable bonds is 12. The monoisotopic (exact) mass is 841 g/mol. The number of fused-ring (bicyclic) bond motifs is 1. The molecule has 0 fully saturated rings. The third-order valence-electron chi connectivity index (χ3n) is 8.85. The van der Waals surface area contributed by atoms with Gasteiger partial charge in [-0.05, 0) is 126 Å². The molecule has 0 saturated carbocycles. The van der Waals surface area contributed by atoms with Crippen LogP contribution in [0.5, 0.6) is 0 Å². The van der Waals surface area contributed by atoms with E-state index in [1.54, 1.807) is 12.5 Å². The molecule has 0 radical (unpaired) electrons. The normalized spacial score (nSPS) is 12.2. The van der Waals surface area contributed by atoms with Crippen molar-refractivity contribution in [2.24, 2.45) is 65.1 Å². The van der Waals surface area contributed by atoms with Crippen molar-refractivity contribution in [2.45, 2.75) is 225 Å². The second kappa shape index (κ2) is 50.6. The predicted molar refractivity (Wildman–Crippen MR) is 279 cm³/mol. The molecule has 2 unspecified atom stereocenters. The summed E-state index contributed by atoms with van der Waals surface area (Å²) in [6.07, 6.45) is 12.0. The molecule has 0 amide bonds. The van der Waals surface area contributed by atoms with Gasteiger partial charge in [-0.15, -0.1) is 0 Å². The maximum Gasteiger partial charge on any atom is 0.0535 e. The maximum absolute atomic E-state index is 8.63. The number of benzene rings is 1. The molecule has 2 atom stereocenters. The Hall–Kier alpha value is -0.770. The fraction of sp³-hybridized carbons (Fsp3) is 0.855.